The summed E-state index contributed by atoms with van der Waals surface area (Å²) < 4.78 is 5.70. The van der Waals surface area contributed by atoms with Crippen LogP contribution in [0.5, 0.6) is 5.75 Å². The van der Waals surface area contributed by atoms with Crippen LogP contribution >= 0.6 is 0 Å². The number of rotatable bonds is 7. The highest BCUT2D eigenvalue weighted by atomic mass is 16.5. The third kappa shape index (κ3) is 6.31. The minimum Gasteiger partial charge on any atom is -0.489 e. The highest BCUT2D eigenvalue weighted by Crippen LogP contribution is 2.15. The molecule has 3 aromatic rings. The van der Waals surface area contributed by atoms with Gasteiger partial charge in [-0.1, -0.05) is 37.3 Å². The van der Waals surface area contributed by atoms with Gasteiger partial charge in [-0.15, -0.1) is 0 Å². The Morgan fingerprint density at radius 3 is 2.40 bits per heavy atom. The van der Waals surface area contributed by atoms with E-state index in [0.29, 0.717) is 12.2 Å². The number of carbonyl (C=O) groups is 2. The number of amides is 2. The number of benzene rings is 2. The van der Waals surface area contributed by atoms with Crippen molar-refractivity contribution < 1.29 is 14.3 Å². The number of hydrogen-bond acceptors (Lipinski definition) is 4. The van der Waals surface area contributed by atoms with Crippen LogP contribution in [0.3, 0.4) is 0 Å². The van der Waals surface area contributed by atoms with Gasteiger partial charge in [-0.3, -0.25) is 25.4 Å². The van der Waals surface area contributed by atoms with Gasteiger partial charge in [0.25, 0.3) is 11.8 Å². The first-order valence-electron chi connectivity index (χ1n) is 9.63. The lowest BCUT2D eigenvalue weighted by Gasteiger charge is -2.06. The molecule has 2 amide bonds. The minimum atomic E-state index is -0.426. The first-order valence-corrected chi connectivity index (χ1v) is 9.63. The van der Waals surface area contributed by atoms with E-state index in [0.717, 1.165) is 28.9 Å². The molecule has 6 nitrogen and oxygen atoms in total. The van der Waals surface area contributed by atoms with Crippen LogP contribution in [0.15, 0.2) is 79.1 Å². The normalized spacial score (nSPS) is 10.6. The van der Waals surface area contributed by atoms with Gasteiger partial charge in [0.2, 0.25) is 0 Å². The molecule has 0 aliphatic carbocycles. The summed E-state index contributed by atoms with van der Waals surface area (Å²) in [6.45, 7) is 2.48. The number of nitrogens with zero attached hydrogens (tertiary/aromatic N) is 1. The summed E-state index contributed by atoms with van der Waals surface area (Å²) in [5.41, 5.74) is 8.22. The summed E-state index contributed by atoms with van der Waals surface area (Å²) in [4.78, 5) is 28.0. The van der Waals surface area contributed by atoms with Crippen molar-refractivity contribution in [2.45, 2.75) is 20.0 Å². The fraction of sp³-hybridized carbons (Fsp3) is 0.125. The average molecular weight is 401 g/mol. The third-order valence-electron chi connectivity index (χ3n) is 4.36. The van der Waals surface area contributed by atoms with Gasteiger partial charge in [-0.2, -0.15) is 0 Å². The molecule has 1 aromatic heterocycles. The molecule has 0 radical (unpaired) electrons. The Hall–Kier alpha value is -3.93. The number of ether oxygens (including phenoxy) is 1. The van der Waals surface area contributed by atoms with Gasteiger partial charge < -0.3 is 4.74 Å². The van der Waals surface area contributed by atoms with Crippen LogP contribution in [0.25, 0.3) is 6.08 Å². The molecule has 0 saturated heterocycles. The van der Waals surface area contributed by atoms with Gasteiger partial charge in [0.05, 0.1) is 0 Å². The van der Waals surface area contributed by atoms with E-state index in [9.17, 15) is 9.59 Å². The van der Waals surface area contributed by atoms with E-state index < -0.39 is 5.91 Å². The number of aryl methyl sites for hydroxylation is 1. The van der Waals surface area contributed by atoms with Gasteiger partial charge >= 0.3 is 0 Å². The van der Waals surface area contributed by atoms with Crippen LogP contribution in [0.4, 0.5) is 0 Å². The molecule has 2 aromatic carbocycles. The zero-order valence-electron chi connectivity index (χ0n) is 16.7. The van der Waals surface area contributed by atoms with Crippen molar-refractivity contribution in [1.29, 1.82) is 0 Å². The molecule has 0 fully saturated rings. The molecule has 3 rings (SSSR count). The number of hydrazine groups is 1. The van der Waals surface area contributed by atoms with Gasteiger partial charge in [-0.25, -0.2) is 0 Å². The topological polar surface area (TPSA) is 80.3 Å². The van der Waals surface area contributed by atoms with Gasteiger partial charge in [0, 0.05) is 29.6 Å². The van der Waals surface area contributed by atoms with Crippen molar-refractivity contribution in [1.82, 2.24) is 15.8 Å². The van der Waals surface area contributed by atoms with Gasteiger partial charge in [0.1, 0.15) is 12.4 Å². The molecule has 0 saturated carbocycles. The average Bonchev–Trinajstić information content (AvgIpc) is 2.81. The molecule has 6 heteroatoms. The Bertz CT molecular complexity index is 998. The Labute approximate surface area is 175 Å². The molecular weight excluding hydrogens is 378 g/mol. The van der Waals surface area contributed by atoms with E-state index in [1.165, 1.54) is 6.08 Å². The second-order valence-corrected chi connectivity index (χ2v) is 6.55. The molecule has 1 heterocycles. The lowest BCUT2D eigenvalue weighted by Crippen LogP contribution is -2.40. The quantitative estimate of drug-likeness (QED) is 0.467. The molecule has 0 spiro atoms. The Kier molecular flexibility index (Phi) is 7.33. The van der Waals surface area contributed by atoms with E-state index in [4.69, 9.17) is 4.74 Å². The van der Waals surface area contributed by atoms with Gasteiger partial charge in [-0.05, 0) is 54.0 Å². The first kappa shape index (κ1) is 20.8. The van der Waals surface area contributed by atoms with Crippen molar-refractivity contribution in [3.05, 3.63) is 101 Å². The van der Waals surface area contributed by atoms with Crippen LogP contribution in [0, 0.1) is 0 Å². The van der Waals surface area contributed by atoms with E-state index in [1.807, 2.05) is 55.5 Å². The van der Waals surface area contributed by atoms with Crippen LogP contribution < -0.4 is 15.6 Å². The van der Waals surface area contributed by atoms with Crippen LogP contribution in [-0.2, 0) is 17.8 Å². The fourth-order valence-electron chi connectivity index (χ4n) is 2.62. The predicted octanol–water partition coefficient (Wildman–Crippen LogP) is 3.70. The lowest BCUT2D eigenvalue weighted by molar-refractivity contribution is -0.117. The number of aromatic nitrogens is 1. The van der Waals surface area contributed by atoms with E-state index in [1.54, 1.807) is 30.6 Å². The predicted molar refractivity (Wildman–Crippen MR) is 115 cm³/mol. The van der Waals surface area contributed by atoms with Crippen molar-refractivity contribution in [3.63, 3.8) is 0 Å². The molecule has 30 heavy (non-hydrogen) atoms. The first-order chi connectivity index (χ1) is 14.6. The van der Waals surface area contributed by atoms with E-state index in [2.05, 4.69) is 15.8 Å². The molecule has 2 N–H and O–H groups in total. The monoisotopic (exact) mass is 401 g/mol. The molecular formula is C24H23N3O3. The molecule has 0 aliphatic rings. The zero-order chi connectivity index (χ0) is 21.2. The number of hydrogen-bond donors (Lipinski definition) is 2. The molecule has 0 unspecified atom stereocenters. The maximum Gasteiger partial charge on any atom is 0.269 e. The van der Waals surface area contributed by atoms with Gasteiger partial charge in [0.15, 0.2) is 0 Å². The van der Waals surface area contributed by atoms with Crippen LogP contribution in [-0.4, -0.2) is 16.8 Å². The fourth-order valence-corrected chi connectivity index (χ4v) is 2.62. The maximum absolute atomic E-state index is 12.1. The minimum absolute atomic E-state index is 0.366. The summed E-state index contributed by atoms with van der Waals surface area (Å²) in [6, 6.07) is 18.4. The smallest absolute Gasteiger partial charge is 0.269 e. The zero-order valence-corrected chi connectivity index (χ0v) is 16.7. The van der Waals surface area contributed by atoms with Crippen molar-refractivity contribution in [2.75, 3.05) is 0 Å². The lowest BCUT2D eigenvalue weighted by atomic mass is 10.1. The van der Waals surface area contributed by atoms with E-state index >= 15 is 0 Å². The summed E-state index contributed by atoms with van der Waals surface area (Å²) in [5, 5.41) is 0. The molecule has 0 atom stereocenters. The van der Waals surface area contributed by atoms with Crippen LogP contribution in [0.2, 0.25) is 0 Å². The van der Waals surface area contributed by atoms with Crippen molar-refractivity contribution >= 4 is 17.9 Å². The third-order valence-corrected chi connectivity index (χ3v) is 4.36. The second kappa shape index (κ2) is 10.6. The number of pyridine rings is 1. The molecule has 0 aliphatic heterocycles. The maximum atomic E-state index is 12.1. The van der Waals surface area contributed by atoms with Crippen molar-refractivity contribution in [2.24, 2.45) is 0 Å². The molecule has 0 bridgehead atoms. The summed E-state index contributed by atoms with van der Waals surface area (Å²) in [5.74, 6) is -0.0678. The Morgan fingerprint density at radius 1 is 0.967 bits per heavy atom. The Balaban J connectivity index is 1.45. The molecule has 152 valence electrons. The Morgan fingerprint density at radius 2 is 1.73 bits per heavy atom. The number of carbonyl (C=O) groups excluding carboxylic acids is 2. The highest BCUT2D eigenvalue weighted by molar-refractivity contribution is 5.97. The van der Waals surface area contributed by atoms with Crippen molar-refractivity contribution in [3.8, 4) is 5.75 Å². The second-order valence-electron chi connectivity index (χ2n) is 6.55. The highest BCUT2D eigenvalue weighted by Gasteiger charge is 2.05. The largest absolute Gasteiger partial charge is 0.489 e. The van der Waals surface area contributed by atoms with Crippen LogP contribution in [0.1, 0.15) is 34.0 Å². The number of nitrogens with one attached hydrogen (secondary N) is 2. The summed E-state index contributed by atoms with van der Waals surface area (Å²) in [7, 11) is 0. The summed E-state index contributed by atoms with van der Waals surface area (Å²) >= 11 is 0. The van der Waals surface area contributed by atoms with E-state index in [-0.39, 0.29) is 5.91 Å². The standard InChI is InChI=1S/C24H23N3O3/c1-2-18-5-10-21(11-6-18)24(29)27-26-23(28)14-9-19-7-12-22(13-8-19)30-17-20-4-3-15-25-16-20/h3-16H,2,17H2,1H3,(H,26,28)(H,27,29)/b14-9+. The summed E-state index contributed by atoms with van der Waals surface area (Å²) in [6.07, 6.45) is 7.39. The SMILES string of the molecule is CCc1ccc(C(=O)NNC(=O)/C=C/c2ccc(OCc3cccnc3)cc2)cc1.